The van der Waals surface area contributed by atoms with Gasteiger partial charge in [0.1, 0.15) is 11.5 Å². The normalized spacial score (nSPS) is 10.1. The van der Waals surface area contributed by atoms with E-state index in [1.165, 1.54) is 4.68 Å². The molecule has 0 saturated carbocycles. The minimum atomic E-state index is -0.0316. The quantitative estimate of drug-likeness (QED) is 0.516. The molecule has 0 unspecified atom stereocenters. The minimum absolute atomic E-state index is 0. The molecular formula is C12H19ClN6O. The molecule has 0 amide bonds. The van der Waals surface area contributed by atoms with Crippen molar-refractivity contribution in [1.29, 1.82) is 0 Å². The summed E-state index contributed by atoms with van der Waals surface area (Å²) in [6, 6.07) is 7.37. The molecule has 0 fully saturated rings. The van der Waals surface area contributed by atoms with Crippen LogP contribution in [-0.2, 0) is 13.1 Å². The first-order valence-corrected chi connectivity index (χ1v) is 5.92. The number of rotatable bonds is 5. The molecular weight excluding hydrogens is 280 g/mol. The molecule has 0 saturated heterocycles. The van der Waals surface area contributed by atoms with Gasteiger partial charge in [-0.2, -0.15) is 5.10 Å². The van der Waals surface area contributed by atoms with Gasteiger partial charge in [-0.1, -0.05) is 0 Å². The molecule has 0 spiro atoms. The minimum Gasteiger partial charge on any atom is -0.399 e. The van der Waals surface area contributed by atoms with Crippen molar-refractivity contribution in [2.45, 2.75) is 13.1 Å². The van der Waals surface area contributed by atoms with Crippen LogP contribution in [0.1, 0.15) is 5.69 Å². The first-order chi connectivity index (χ1) is 9.11. The van der Waals surface area contributed by atoms with Gasteiger partial charge in [-0.3, -0.25) is 0 Å². The number of aliphatic hydroxyl groups is 1. The Morgan fingerprint density at radius 1 is 1.15 bits per heavy atom. The van der Waals surface area contributed by atoms with Crippen LogP contribution in [0.3, 0.4) is 0 Å². The number of hydrogen-bond acceptors (Lipinski definition) is 6. The average Bonchev–Trinajstić information content (AvgIpc) is 2.67. The number of anilines is 4. The van der Waals surface area contributed by atoms with E-state index in [9.17, 15) is 0 Å². The summed E-state index contributed by atoms with van der Waals surface area (Å²) in [7, 11) is 0. The Morgan fingerprint density at radius 2 is 1.80 bits per heavy atom. The number of nitrogens with one attached hydrogen (secondary N) is 1. The molecule has 8 N–H and O–H groups in total. The zero-order chi connectivity index (χ0) is 13.8. The topological polar surface area (TPSA) is 128 Å². The average molecular weight is 299 g/mol. The van der Waals surface area contributed by atoms with Gasteiger partial charge in [0.15, 0.2) is 0 Å². The van der Waals surface area contributed by atoms with Crippen LogP contribution in [0.2, 0.25) is 0 Å². The van der Waals surface area contributed by atoms with Crippen molar-refractivity contribution >= 4 is 35.3 Å². The number of benzene rings is 1. The van der Waals surface area contributed by atoms with Gasteiger partial charge < -0.3 is 27.6 Å². The molecule has 0 bridgehead atoms. The number of aliphatic hydroxyl groups excluding tert-OH is 1. The lowest BCUT2D eigenvalue weighted by Crippen LogP contribution is -2.08. The van der Waals surface area contributed by atoms with Crippen LogP contribution in [0.4, 0.5) is 22.9 Å². The fourth-order valence-electron chi connectivity index (χ4n) is 1.72. The molecule has 20 heavy (non-hydrogen) atoms. The number of halogens is 1. The summed E-state index contributed by atoms with van der Waals surface area (Å²) in [5.41, 5.74) is 20.0. The zero-order valence-corrected chi connectivity index (χ0v) is 11.7. The highest BCUT2D eigenvalue weighted by atomic mass is 35.5. The third-order valence-electron chi connectivity index (χ3n) is 2.79. The first kappa shape index (κ1) is 15.9. The monoisotopic (exact) mass is 298 g/mol. The smallest absolute Gasteiger partial charge is 0.145 e. The molecule has 0 radical (unpaired) electrons. The van der Waals surface area contributed by atoms with Gasteiger partial charge in [-0.15, -0.1) is 12.4 Å². The van der Waals surface area contributed by atoms with Crippen molar-refractivity contribution in [3.63, 3.8) is 0 Å². The highest BCUT2D eigenvalue weighted by molar-refractivity contribution is 5.85. The van der Waals surface area contributed by atoms with Crippen molar-refractivity contribution in [1.82, 2.24) is 9.78 Å². The molecule has 2 rings (SSSR count). The summed E-state index contributed by atoms with van der Waals surface area (Å²) in [6.07, 6.45) is 0. The van der Waals surface area contributed by atoms with Crippen molar-refractivity contribution in [2.24, 2.45) is 0 Å². The van der Waals surface area contributed by atoms with Crippen molar-refractivity contribution in [3.05, 3.63) is 30.0 Å². The van der Waals surface area contributed by atoms with Crippen LogP contribution >= 0.6 is 12.4 Å². The van der Waals surface area contributed by atoms with Crippen LogP contribution in [-0.4, -0.2) is 21.5 Å². The first-order valence-electron chi connectivity index (χ1n) is 5.92. The van der Waals surface area contributed by atoms with Gasteiger partial charge >= 0.3 is 0 Å². The molecule has 2 aromatic rings. The molecule has 0 aliphatic heterocycles. The molecule has 1 heterocycles. The van der Waals surface area contributed by atoms with E-state index in [4.69, 9.17) is 22.3 Å². The molecule has 0 aliphatic rings. The maximum absolute atomic E-state index is 8.89. The van der Waals surface area contributed by atoms with E-state index in [0.29, 0.717) is 36.0 Å². The fourth-order valence-corrected chi connectivity index (χ4v) is 1.72. The summed E-state index contributed by atoms with van der Waals surface area (Å²) in [6.45, 7) is 0.756. The number of nitrogens with zero attached hydrogens (tertiary/aromatic N) is 2. The number of hydrogen-bond donors (Lipinski definition) is 5. The zero-order valence-electron chi connectivity index (χ0n) is 10.9. The molecule has 1 aromatic heterocycles. The predicted octanol–water partition coefficient (Wildman–Crippen LogP) is 0.656. The Balaban J connectivity index is 0.00000200. The Morgan fingerprint density at radius 3 is 2.40 bits per heavy atom. The highest BCUT2D eigenvalue weighted by Gasteiger charge is 2.11. The Bertz CT molecular complexity index is 554. The SMILES string of the molecule is Cl.Nc1ccc(NCc2nn(CCO)c(N)c2N)cc1. The highest BCUT2D eigenvalue weighted by Crippen LogP contribution is 2.20. The van der Waals surface area contributed by atoms with Crippen LogP contribution in [0, 0.1) is 0 Å². The van der Waals surface area contributed by atoms with E-state index in [0.717, 1.165) is 5.69 Å². The Labute approximate surface area is 123 Å². The molecule has 7 nitrogen and oxygen atoms in total. The van der Waals surface area contributed by atoms with Crippen LogP contribution in [0.25, 0.3) is 0 Å². The molecule has 1 aromatic carbocycles. The third-order valence-corrected chi connectivity index (χ3v) is 2.79. The predicted molar refractivity (Wildman–Crippen MR) is 83.6 cm³/mol. The van der Waals surface area contributed by atoms with Gasteiger partial charge in [0, 0.05) is 11.4 Å². The Kier molecular flexibility index (Phi) is 5.48. The second-order valence-electron chi connectivity index (χ2n) is 4.17. The van der Waals surface area contributed by atoms with Crippen LogP contribution < -0.4 is 22.5 Å². The number of nitrogen functional groups attached to an aromatic ring is 3. The van der Waals surface area contributed by atoms with Crippen LogP contribution in [0.5, 0.6) is 0 Å². The second kappa shape index (κ2) is 6.88. The largest absolute Gasteiger partial charge is 0.399 e. The summed E-state index contributed by atoms with van der Waals surface area (Å²) >= 11 is 0. The van der Waals surface area contributed by atoms with Gasteiger partial charge in [-0.25, -0.2) is 4.68 Å². The maximum atomic E-state index is 8.89. The lowest BCUT2D eigenvalue weighted by molar-refractivity contribution is 0.270. The summed E-state index contributed by atoms with van der Waals surface area (Å²) < 4.78 is 1.50. The number of aromatic nitrogens is 2. The van der Waals surface area contributed by atoms with Crippen molar-refractivity contribution in [2.75, 3.05) is 29.1 Å². The van der Waals surface area contributed by atoms with Gasteiger partial charge in [0.2, 0.25) is 0 Å². The lowest BCUT2D eigenvalue weighted by Gasteiger charge is -2.05. The summed E-state index contributed by atoms with van der Waals surface area (Å²) in [5, 5.41) is 16.3. The third kappa shape index (κ3) is 3.46. The van der Waals surface area contributed by atoms with Crippen molar-refractivity contribution < 1.29 is 5.11 Å². The van der Waals surface area contributed by atoms with Gasteiger partial charge in [0.05, 0.1) is 25.4 Å². The molecule has 110 valence electrons. The summed E-state index contributed by atoms with van der Waals surface area (Å²) in [4.78, 5) is 0. The number of nitrogens with two attached hydrogens (primary N) is 3. The van der Waals surface area contributed by atoms with Crippen molar-refractivity contribution in [3.8, 4) is 0 Å². The maximum Gasteiger partial charge on any atom is 0.145 e. The van der Waals surface area contributed by atoms with Crippen LogP contribution in [0.15, 0.2) is 24.3 Å². The summed E-state index contributed by atoms with van der Waals surface area (Å²) in [5.74, 6) is 0.378. The molecule has 8 heteroatoms. The van der Waals surface area contributed by atoms with Gasteiger partial charge in [0.25, 0.3) is 0 Å². The molecule has 0 atom stereocenters. The van der Waals surface area contributed by atoms with E-state index >= 15 is 0 Å². The standard InChI is InChI=1S/C12H18N6O.ClH/c13-8-1-3-9(4-2-8)16-7-10-11(14)12(15)18(17-10)5-6-19;/h1-4,16,19H,5-7,13-15H2;1H. The second-order valence-corrected chi connectivity index (χ2v) is 4.17. The van der Waals surface area contributed by atoms with E-state index in [1.54, 1.807) is 0 Å². The Hall–Kier alpha value is -2.12. The van der Waals surface area contributed by atoms with E-state index in [-0.39, 0.29) is 19.0 Å². The lowest BCUT2D eigenvalue weighted by atomic mass is 10.2. The van der Waals surface area contributed by atoms with E-state index in [2.05, 4.69) is 10.4 Å². The van der Waals surface area contributed by atoms with E-state index < -0.39 is 0 Å². The van der Waals surface area contributed by atoms with Gasteiger partial charge in [-0.05, 0) is 24.3 Å². The molecule has 0 aliphatic carbocycles. The fraction of sp³-hybridized carbons (Fsp3) is 0.250. The van der Waals surface area contributed by atoms with E-state index in [1.807, 2.05) is 24.3 Å².